The molecule has 2 heterocycles. The summed E-state index contributed by atoms with van der Waals surface area (Å²) in [6.07, 6.45) is 4.73. The highest BCUT2D eigenvalue weighted by Crippen LogP contribution is 2.34. The first-order chi connectivity index (χ1) is 5.81. The third-order valence-corrected chi connectivity index (χ3v) is 2.71. The number of aliphatic hydroxyl groups is 1. The van der Waals surface area contributed by atoms with Crippen molar-refractivity contribution < 1.29 is 14.6 Å². The predicted octanol–water partition coefficient (Wildman–Crippen LogP) is 1.05. The van der Waals surface area contributed by atoms with Crippen molar-refractivity contribution in [3.63, 3.8) is 0 Å². The van der Waals surface area contributed by atoms with E-state index >= 15 is 0 Å². The summed E-state index contributed by atoms with van der Waals surface area (Å²) < 4.78 is 11.2. The molecule has 2 unspecified atom stereocenters. The van der Waals surface area contributed by atoms with Crippen LogP contribution in [0.25, 0.3) is 0 Å². The first kappa shape index (κ1) is 8.48. The molecule has 0 aromatic carbocycles. The van der Waals surface area contributed by atoms with E-state index < -0.39 is 0 Å². The molecule has 0 radical (unpaired) electrons. The summed E-state index contributed by atoms with van der Waals surface area (Å²) in [6.45, 7) is 1.26. The largest absolute Gasteiger partial charge is 0.391 e. The van der Waals surface area contributed by atoms with Gasteiger partial charge in [0.2, 0.25) is 0 Å². The van der Waals surface area contributed by atoms with Crippen molar-refractivity contribution in [1.29, 1.82) is 0 Å². The van der Waals surface area contributed by atoms with Crippen LogP contribution >= 0.6 is 0 Å². The number of hydrogen-bond acceptors (Lipinski definition) is 3. The van der Waals surface area contributed by atoms with Crippen molar-refractivity contribution >= 4 is 0 Å². The van der Waals surface area contributed by atoms with Crippen molar-refractivity contribution in [2.45, 2.75) is 44.0 Å². The van der Waals surface area contributed by atoms with Gasteiger partial charge in [-0.2, -0.15) is 0 Å². The summed E-state index contributed by atoms with van der Waals surface area (Å²) in [5, 5.41) is 9.24. The molecule has 70 valence electrons. The Kier molecular flexibility index (Phi) is 2.35. The number of aliphatic hydroxyl groups excluding tert-OH is 1. The minimum Gasteiger partial charge on any atom is -0.391 e. The Morgan fingerprint density at radius 3 is 2.67 bits per heavy atom. The van der Waals surface area contributed by atoms with Crippen LogP contribution < -0.4 is 0 Å². The highest BCUT2D eigenvalue weighted by Gasteiger charge is 2.38. The molecule has 2 rings (SSSR count). The summed E-state index contributed by atoms with van der Waals surface area (Å²) in [5.74, 6) is -0.322. The van der Waals surface area contributed by atoms with Gasteiger partial charge in [0.25, 0.3) is 0 Å². The van der Waals surface area contributed by atoms with Crippen molar-refractivity contribution in [1.82, 2.24) is 0 Å². The van der Waals surface area contributed by atoms with Gasteiger partial charge in [0, 0.05) is 12.8 Å². The average molecular weight is 172 g/mol. The van der Waals surface area contributed by atoms with E-state index in [9.17, 15) is 5.11 Å². The first-order valence-electron chi connectivity index (χ1n) is 4.77. The molecule has 1 spiro atoms. The van der Waals surface area contributed by atoms with Gasteiger partial charge < -0.3 is 14.6 Å². The zero-order valence-electron chi connectivity index (χ0n) is 7.29. The van der Waals surface area contributed by atoms with Crippen molar-refractivity contribution in [3.8, 4) is 0 Å². The third-order valence-electron chi connectivity index (χ3n) is 2.71. The maximum absolute atomic E-state index is 9.24. The van der Waals surface area contributed by atoms with Gasteiger partial charge in [-0.1, -0.05) is 0 Å². The fraction of sp³-hybridized carbons (Fsp3) is 1.00. The molecule has 2 atom stereocenters. The Bertz CT molecular complexity index is 142. The molecule has 2 aliphatic rings. The highest BCUT2D eigenvalue weighted by molar-refractivity contribution is 4.79. The summed E-state index contributed by atoms with van der Waals surface area (Å²) in [7, 11) is 0. The molecule has 3 nitrogen and oxygen atoms in total. The van der Waals surface area contributed by atoms with E-state index in [0.717, 1.165) is 32.3 Å². The van der Waals surface area contributed by atoms with Gasteiger partial charge in [-0.3, -0.25) is 0 Å². The van der Waals surface area contributed by atoms with E-state index in [1.807, 2.05) is 0 Å². The quantitative estimate of drug-likeness (QED) is 0.593. The number of rotatable bonds is 0. The maximum atomic E-state index is 9.24. The van der Waals surface area contributed by atoms with Crippen LogP contribution in [-0.4, -0.2) is 30.2 Å². The Morgan fingerprint density at radius 2 is 2.08 bits per heavy atom. The van der Waals surface area contributed by atoms with Crippen LogP contribution in [-0.2, 0) is 9.47 Å². The SMILES string of the molecule is OC1CCC2(CCCCO2)OC1. The standard InChI is InChI=1S/C9H16O3/c10-8-3-5-9(12-7-8)4-1-2-6-11-9/h8,10H,1-7H2. The lowest BCUT2D eigenvalue weighted by Crippen LogP contribution is -2.45. The van der Waals surface area contributed by atoms with Crippen molar-refractivity contribution in [2.75, 3.05) is 13.2 Å². The lowest BCUT2D eigenvalue weighted by molar-refractivity contribution is -0.286. The molecular weight excluding hydrogens is 156 g/mol. The van der Waals surface area contributed by atoms with E-state index in [1.165, 1.54) is 6.42 Å². The van der Waals surface area contributed by atoms with E-state index in [2.05, 4.69) is 0 Å². The second kappa shape index (κ2) is 3.32. The average Bonchev–Trinajstić information content (AvgIpc) is 2.13. The molecule has 12 heavy (non-hydrogen) atoms. The van der Waals surface area contributed by atoms with Crippen LogP contribution in [0, 0.1) is 0 Å². The second-order valence-corrected chi connectivity index (χ2v) is 3.72. The molecule has 2 aliphatic heterocycles. The van der Waals surface area contributed by atoms with Crippen molar-refractivity contribution in [2.24, 2.45) is 0 Å². The van der Waals surface area contributed by atoms with Gasteiger partial charge in [0.05, 0.1) is 19.3 Å². The maximum Gasteiger partial charge on any atom is 0.168 e. The fourth-order valence-corrected chi connectivity index (χ4v) is 1.93. The molecule has 0 aliphatic carbocycles. The van der Waals surface area contributed by atoms with E-state index in [1.54, 1.807) is 0 Å². The third kappa shape index (κ3) is 1.63. The lowest BCUT2D eigenvalue weighted by atomic mass is 9.96. The van der Waals surface area contributed by atoms with Crippen LogP contribution in [0.3, 0.4) is 0 Å². The molecule has 0 amide bonds. The molecule has 0 saturated carbocycles. The summed E-state index contributed by atoms with van der Waals surface area (Å²) in [5.41, 5.74) is 0. The van der Waals surface area contributed by atoms with Gasteiger partial charge in [0.1, 0.15) is 0 Å². The van der Waals surface area contributed by atoms with E-state index in [-0.39, 0.29) is 11.9 Å². The monoisotopic (exact) mass is 172 g/mol. The van der Waals surface area contributed by atoms with Crippen LogP contribution in [0.1, 0.15) is 32.1 Å². The van der Waals surface area contributed by atoms with Crippen molar-refractivity contribution in [3.05, 3.63) is 0 Å². The van der Waals surface area contributed by atoms with Crippen LogP contribution in [0.2, 0.25) is 0 Å². The van der Waals surface area contributed by atoms with Crippen LogP contribution in [0.4, 0.5) is 0 Å². The Labute approximate surface area is 72.7 Å². The molecule has 0 bridgehead atoms. The minimum atomic E-state index is -0.322. The van der Waals surface area contributed by atoms with Gasteiger partial charge in [-0.25, -0.2) is 0 Å². The molecule has 0 aromatic heterocycles. The van der Waals surface area contributed by atoms with Gasteiger partial charge >= 0.3 is 0 Å². The van der Waals surface area contributed by atoms with E-state index in [4.69, 9.17) is 9.47 Å². The summed E-state index contributed by atoms with van der Waals surface area (Å²) >= 11 is 0. The minimum absolute atomic E-state index is 0.277. The highest BCUT2D eigenvalue weighted by atomic mass is 16.7. The fourth-order valence-electron chi connectivity index (χ4n) is 1.93. The molecular formula is C9H16O3. The first-order valence-corrected chi connectivity index (χ1v) is 4.77. The molecule has 3 heteroatoms. The summed E-state index contributed by atoms with van der Waals surface area (Å²) in [6, 6.07) is 0. The molecule has 0 aromatic rings. The van der Waals surface area contributed by atoms with Gasteiger partial charge in [-0.05, 0) is 19.3 Å². The lowest BCUT2D eigenvalue weighted by Gasteiger charge is -2.41. The topological polar surface area (TPSA) is 38.7 Å². The Hall–Kier alpha value is -0.120. The zero-order valence-corrected chi connectivity index (χ0v) is 7.29. The normalized spacial score (nSPS) is 43.2. The summed E-state index contributed by atoms with van der Waals surface area (Å²) in [4.78, 5) is 0. The van der Waals surface area contributed by atoms with E-state index in [0.29, 0.717) is 6.61 Å². The zero-order chi connectivity index (χ0) is 8.44. The molecule has 2 saturated heterocycles. The number of ether oxygens (including phenoxy) is 2. The molecule has 1 N–H and O–H groups in total. The Morgan fingerprint density at radius 1 is 1.17 bits per heavy atom. The smallest absolute Gasteiger partial charge is 0.168 e. The van der Waals surface area contributed by atoms with Gasteiger partial charge in [-0.15, -0.1) is 0 Å². The second-order valence-electron chi connectivity index (χ2n) is 3.72. The number of hydrogen-bond donors (Lipinski definition) is 1. The van der Waals surface area contributed by atoms with Crippen LogP contribution in [0.15, 0.2) is 0 Å². The predicted molar refractivity (Wildman–Crippen MR) is 43.7 cm³/mol. The molecule has 2 fully saturated rings. The Balaban J connectivity index is 1.92. The van der Waals surface area contributed by atoms with Crippen LogP contribution in [0.5, 0.6) is 0 Å². The van der Waals surface area contributed by atoms with Gasteiger partial charge in [0.15, 0.2) is 5.79 Å².